The molecule has 0 amide bonds. The molecule has 0 aliphatic carbocycles. The van der Waals surface area contributed by atoms with Crippen LogP contribution in [0.25, 0.3) is 20.8 Å². The van der Waals surface area contributed by atoms with Crippen molar-refractivity contribution >= 4 is 29.3 Å². The van der Waals surface area contributed by atoms with Gasteiger partial charge in [-0.3, -0.25) is 9.78 Å². The molecule has 24 heavy (non-hydrogen) atoms. The Balaban J connectivity index is 1.90. The van der Waals surface area contributed by atoms with Gasteiger partial charge >= 0.3 is 0 Å². The lowest BCUT2D eigenvalue weighted by molar-refractivity contribution is 1.04. The molecule has 2 aromatic heterocycles. The van der Waals surface area contributed by atoms with Crippen LogP contribution in [0.1, 0.15) is 19.5 Å². The van der Waals surface area contributed by atoms with E-state index in [1.54, 1.807) is 0 Å². The van der Waals surface area contributed by atoms with Crippen LogP contribution >= 0.6 is 19.3 Å². The van der Waals surface area contributed by atoms with Crippen LogP contribution in [0, 0.1) is 0 Å². The van der Waals surface area contributed by atoms with E-state index < -0.39 is 0 Å². The highest BCUT2D eigenvalue weighted by Crippen LogP contribution is 2.34. The molecule has 0 aliphatic rings. The molecule has 3 nitrogen and oxygen atoms in total. The summed E-state index contributed by atoms with van der Waals surface area (Å²) in [5.41, 5.74) is 1.72. The minimum Gasteiger partial charge on any atom is -0.267 e. The largest absolute Gasteiger partial charge is 0.279 e. The lowest BCUT2D eigenvalue weighted by Crippen LogP contribution is -2.06. The molecule has 0 N–H and O–H groups in total. The first-order chi connectivity index (χ1) is 11.7. The van der Waals surface area contributed by atoms with Gasteiger partial charge in [-0.25, -0.2) is 0 Å². The quantitative estimate of drug-likeness (QED) is 0.597. The maximum atomic E-state index is 12.2. The second-order valence-electron chi connectivity index (χ2n) is 5.61. The zero-order valence-corrected chi connectivity index (χ0v) is 15.7. The molecule has 0 atom stereocenters. The fourth-order valence-electron chi connectivity index (χ4n) is 2.67. The van der Waals surface area contributed by atoms with Gasteiger partial charge in [0.1, 0.15) is 5.01 Å². The van der Waals surface area contributed by atoms with Crippen LogP contribution in [0.15, 0.2) is 47.3 Å². The number of benzene rings is 1. The van der Waals surface area contributed by atoms with Crippen LogP contribution in [-0.2, 0) is 6.42 Å². The fraction of sp³-hybridized carbons (Fsp3) is 0.316. The third-order valence-corrected chi connectivity index (χ3v) is 7.85. The summed E-state index contributed by atoms with van der Waals surface area (Å²) in [5, 5.41) is 1.38. The Bertz CT molecular complexity index is 890. The zero-order valence-electron chi connectivity index (χ0n) is 14.0. The van der Waals surface area contributed by atoms with Crippen molar-refractivity contribution in [3.8, 4) is 10.7 Å². The summed E-state index contributed by atoms with van der Waals surface area (Å²) in [5.74, 6) is 0. The van der Waals surface area contributed by atoms with Crippen molar-refractivity contribution in [2.75, 3.05) is 18.5 Å². The number of aryl methyl sites for hydroxylation is 1. The SMILES string of the molecule is CCP(CC)CCc1cccc(-c2nc(=O)c3ccccc3s2)n1. The molecular weight excluding hydrogens is 335 g/mol. The van der Waals surface area contributed by atoms with E-state index in [1.807, 2.05) is 36.4 Å². The summed E-state index contributed by atoms with van der Waals surface area (Å²) in [6.07, 6.45) is 4.78. The highest BCUT2D eigenvalue weighted by Gasteiger charge is 2.09. The average molecular weight is 356 g/mol. The van der Waals surface area contributed by atoms with Gasteiger partial charge in [-0.2, -0.15) is 4.98 Å². The summed E-state index contributed by atoms with van der Waals surface area (Å²) in [7, 11) is 0.124. The average Bonchev–Trinajstić information content (AvgIpc) is 2.63. The zero-order chi connectivity index (χ0) is 16.9. The Morgan fingerprint density at radius 3 is 2.58 bits per heavy atom. The van der Waals surface area contributed by atoms with Crippen LogP contribution in [0.2, 0.25) is 0 Å². The highest BCUT2D eigenvalue weighted by molar-refractivity contribution is 7.57. The van der Waals surface area contributed by atoms with Crippen molar-refractivity contribution in [2.24, 2.45) is 0 Å². The minimum absolute atomic E-state index is 0.124. The van der Waals surface area contributed by atoms with Gasteiger partial charge in [0.25, 0.3) is 5.56 Å². The van der Waals surface area contributed by atoms with E-state index in [1.165, 1.54) is 29.8 Å². The number of rotatable bonds is 6. The number of fused-ring (bicyclic) bond motifs is 1. The molecule has 0 spiro atoms. The van der Waals surface area contributed by atoms with Crippen LogP contribution in [0.3, 0.4) is 0 Å². The smallest absolute Gasteiger partial charge is 0.267 e. The second-order valence-corrected chi connectivity index (χ2v) is 9.70. The van der Waals surface area contributed by atoms with E-state index in [-0.39, 0.29) is 13.5 Å². The fourth-order valence-corrected chi connectivity index (χ4v) is 5.26. The Kier molecular flexibility index (Phi) is 5.70. The molecule has 0 aliphatic heterocycles. The van der Waals surface area contributed by atoms with Crippen LogP contribution < -0.4 is 5.56 Å². The highest BCUT2D eigenvalue weighted by atomic mass is 32.1. The van der Waals surface area contributed by atoms with Crippen molar-refractivity contribution in [3.05, 3.63) is 58.5 Å². The van der Waals surface area contributed by atoms with Crippen molar-refractivity contribution in [2.45, 2.75) is 20.3 Å². The third kappa shape index (κ3) is 3.88. The number of hydrogen-bond donors (Lipinski definition) is 0. The Morgan fingerprint density at radius 1 is 1.00 bits per heavy atom. The molecule has 0 radical (unpaired) electrons. The second kappa shape index (κ2) is 7.96. The van der Waals surface area contributed by atoms with Gasteiger partial charge in [0.05, 0.1) is 11.1 Å². The van der Waals surface area contributed by atoms with Crippen LogP contribution in [0.5, 0.6) is 0 Å². The summed E-state index contributed by atoms with van der Waals surface area (Å²) in [6.45, 7) is 4.55. The molecule has 124 valence electrons. The molecule has 2 heterocycles. The standard InChI is InChI=1S/C19H21N2OPS/c1-3-23(4-2)13-12-14-8-7-10-16(20-14)19-21-18(22)15-9-5-6-11-17(15)24-19/h5-11H,3-4,12-13H2,1-2H3. The molecule has 0 fully saturated rings. The number of pyridine rings is 1. The van der Waals surface area contributed by atoms with E-state index in [0.29, 0.717) is 10.4 Å². The summed E-state index contributed by atoms with van der Waals surface area (Å²) >= 11 is 1.53. The number of aromatic nitrogens is 2. The Labute approximate surface area is 147 Å². The normalized spacial score (nSPS) is 11.3. The molecule has 0 saturated carbocycles. The van der Waals surface area contributed by atoms with E-state index in [4.69, 9.17) is 4.98 Å². The predicted octanol–water partition coefficient (Wildman–Crippen LogP) is 4.78. The first-order valence-electron chi connectivity index (χ1n) is 8.29. The lowest BCUT2D eigenvalue weighted by Gasteiger charge is -2.12. The summed E-state index contributed by atoms with van der Waals surface area (Å²) in [6, 6.07) is 13.6. The van der Waals surface area contributed by atoms with Crippen molar-refractivity contribution < 1.29 is 0 Å². The first-order valence-corrected chi connectivity index (χ1v) is 11.0. The van der Waals surface area contributed by atoms with E-state index in [0.717, 1.165) is 22.5 Å². The van der Waals surface area contributed by atoms with E-state index >= 15 is 0 Å². The van der Waals surface area contributed by atoms with Gasteiger partial charge in [0, 0.05) is 10.4 Å². The molecule has 0 bridgehead atoms. The molecular formula is C19H21N2OPS. The van der Waals surface area contributed by atoms with Crippen molar-refractivity contribution in [1.29, 1.82) is 0 Å². The molecule has 1 aromatic carbocycles. The van der Waals surface area contributed by atoms with E-state index in [2.05, 4.69) is 24.9 Å². The van der Waals surface area contributed by atoms with Crippen LogP contribution in [-0.4, -0.2) is 28.5 Å². The number of nitrogens with zero attached hydrogens (tertiary/aromatic N) is 2. The summed E-state index contributed by atoms with van der Waals surface area (Å²) in [4.78, 5) is 21.2. The van der Waals surface area contributed by atoms with Gasteiger partial charge in [0.2, 0.25) is 0 Å². The monoisotopic (exact) mass is 356 g/mol. The Hall–Kier alpha value is -1.64. The maximum absolute atomic E-state index is 12.2. The molecule has 0 saturated heterocycles. The van der Waals surface area contributed by atoms with Gasteiger partial charge in [0.15, 0.2) is 0 Å². The van der Waals surface area contributed by atoms with Gasteiger partial charge in [-0.05, 0) is 49.2 Å². The van der Waals surface area contributed by atoms with Crippen molar-refractivity contribution in [1.82, 2.24) is 9.97 Å². The molecule has 0 unspecified atom stereocenters. The first kappa shape index (κ1) is 17.2. The Morgan fingerprint density at radius 2 is 1.79 bits per heavy atom. The van der Waals surface area contributed by atoms with Crippen LogP contribution in [0.4, 0.5) is 0 Å². The van der Waals surface area contributed by atoms with Gasteiger partial charge in [-0.15, -0.1) is 19.3 Å². The molecule has 3 rings (SSSR count). The predicted molar refractivity (Wildman–Crippen MR) is 106 cm³/mol. The molecule has 5 heteroatoms. The van der Waals surface area contributed by atoms with Crippen molar-refractivity contribution in [3.63, 3.8) is 0 Å². The summed E-state index contributed by atoms with van der Waals surface area (Å²) < 4.78 is 0.959. The van der Waals surface area contributed by atoms with Gasteiger partial charge < -0.3 is 0 Å². The third-order valence-electron chi connectivity index (χ3n) is 4.13. The van der Waals surface area contributed by atoms with E-state index in [9.17, 15) is 4.79 Å². The minimum atomic E-state index is -0.174. The maximum Gasteiger partial charge on any atom is 0.279 e. The molecule has 3 aromatic rings. The van der Waals surface area contributed by atoms with Gasteiger partial charge in [-0.1, -0.05) is 32.0 Å². The lowest BCUT2D eigenvalue weighted by atomic mass is 10.2. The number of hydrogen-bond acceptors (Lipinski definition) is 4. The topological polar surface area (TPSA) is 42.9 Å².